The van der Waals surface area contributed by atoms with Crippen LogP contribution < -0.4 is 10.6 Å². The van der Waals surface area contributed by atoms with Crippen molar-refractivity contribution in [2.75, 3.05) is 0 Å². The molecule has 6 nitrogen and oxygen atoms in total. The monoisotopic (exact) mass is 369 g/mol. The molecule has 4 N–H and O–H groups in total. The fourth-order valence-electron chi connectivity index (χ4n) is 3.04. The number of halogens is 1. The van der Waals surface area contributed by atoms with Crippen molar-refractivity contribution in [1.82, 2.24) is 15.6 Å². The van der Waals surface area contributed by atoms with Crippen molar-refractivity contribution in [2.24, 2.45) is 0 Å². The average molecular weight is 369 g/mol. The molecule has 2 atom stereocenters. The van der Waals surface area contributed by atoms with Crippen molar-refractivity contribution in [3.63, 3.8) is 0 Å². The largest absolute Gasteiger partial charge is 0.465 e. The maximum absolute atomic E-state index is 13.6. The zero-order chi connectivity index (χ0) is 19.4. The quantitative estimate of drug-likeness (QED) is 0.537. The van der Waals surface area contributed by atoms with Crippen molar-refractivity contribution in [3.05, 3.63) is 71.7 Å². The molecule has 0 spiro atoms. The second-order valence-electron chi connectivity index (χ2n) is 6.35. The molecule has 0 aliphatic carbocycles. The van der Waals surface area contributed by atoms with Crippen molar-refractivity contribution in [2.45, 2.75) is 25.4 Å². The van der Waals surface area contributed by atoms with Crippen molar-refractivity contribution in [1.29, 1.82) is 0 Å². The molecule has 0 aliphatic rings. The van der Waals surface area contributed by atoms with Gasteiger partial charge in [-0.15, -0.1) is 0 Å². The van der Waals surface area contributed by atoms with E-state index in [4.69, 9.17) is 5.11 Å². The molecule has 3 rings (SSSR count). The molecule has 2 aromatic carbocycles. The third kappa shape index (κ3) is 4.44. The van der Waals surface area contributed by atoms with Crippen LogP contribution in [0, 0.1) is 5.82 Å². The molecule has 0 saturated heterocycles. The number of H-pyrrole nitrogens is 1. The Bertz CT molecular complexity index is 956. The van der Waals surface area contributed by atoms with E-state index in [1.54, 1.807) is 12.3 Å². The molecule has 140 valence electrons. The van der Waals surface area contributed by atoms with E-state index < -0.39 is 23.9 Å². The summed E-state index contributed by atoms with van der Waals surface area (Å²) in [6, 6.07) is 12.4. The molecule has 0 aliphatic heterocycles. The first kappa shape index (κ1) is 18.4. The number of amides is 2. The molecule has 0 fully saturated rings. The molecule has 1 aromatic heterocycles. The van der Waals surface area contributed by atoms with Crippen LogP contribution in [0.25, 0.3) is 10.9 Å². The third-order valence-electron chi connectivity index (χ3n) is 4.43. The Morgan fingerprint density at radius 1 is 1.15 bits per heavy atom. The lowest BCUT2D eigenvalue weighted by molar-refractivity contribution is -0.123. The normalized spacial score (nSPS) is 13.1. The first-order valence-electron chi connectivity index (χ1n) is 8.54. The fraction of sp³-hybridized carbons (Fsp3) is 0.200. The number of aromatic nitrogens is 1. The Morgan fingerprint density at radius 3 is 2.59 bits per heavy atom. The minimum atomic E-state index is -1.30. The van der Waals surface area contributed by atoms with Gasteiger partial charge in [0.05, 0.1) is 6.04 Å². The highest BCUT2D eigenvalue weighted by Crippen LogP contribution is 2.21. The number of nitrogens with one attached hydrogen (secondary N) is 3. The van der Waals surface area contributed by atoms with Crippen LogP contribution in [0.5, 0.6) is 0 Å². The summed E-state index contributed by atoms with van der Waals surface area (Å²) in [6.45, 7) is 1.83. The number of hydrogen-bond acceptors (Lipinski definition) is 2. The van der Waals surface area contributed by atoms with Crippen LogP contribution in [0.2, 0.25) is 0 Å². The number of rotatable bonds is 6. The molecule has 27 heavy (non-hydrogen) atoms. The molecule has 3 aromatic rings. The summed E-state index contributed by atoms with van der Waals surface area (Å²) in [4.78, 5) is 26.8. The second kappa shape index (κ2) is 7.90. The van der Waals surface area contributed by atoms with Gasteiger partial charge in [0.1, 0.15) is 11.9 Å². The van der Waals surface area contributed by atoms with E-state index in [1.807, 2.05) is 37.3 Å². The van der Waals surface area contributed by atoms with Crippen molar-refractivity contribution >= 4 is 22.9 Å². The van der Waals surface area contributed by atoms with Crippen LogP contribution >= 0.6 is 0 Å². The first-order chi connectivity index (χ1) is 12.9. The highest BCUT2D eigenvalue weighted by Gasteiger charge is 2.24. The van der Waals surface area contributed by atoms with Gasteiger partial charge in [-0.05, 0) is 36.2 Å². The molecule has 1 unspecified atom stereocenters. The standard InChI is InChI=1S/C20H20FN3O3/c1-12(13-5-3-2-4-6-13)23-19(25)18(24-20(26)27)9-14-11-22-17-8-7-15(21)10-16(14)17/h2-8,10-12,18,22,24H,9H2,1H3,(H,23,25)(H,26,27)/t12?,18-/m0/s1. The number of carboxylic acid groups (broad SMARTS) is 1. The zero-order valence-corrected chi connectivity index (χ0v) is 14.7. The predicted octanol–water partition coefficient (Wildman–Crippen LogP) is 3.36. The summed E-state index contributed by atoms with van der Waals surface area (Å²) in [5.41, 5.74) is 2.29. The lowest BCUT2D eigenvalue weighted by Gasteiger charge is -2.20. The van der Waals surface area contributed by atoms with Gasteiger partial charge in [-0.3, -0.25) is 4.79 Å². The molecule has 7 heteroatoms. The van der Waals surface area contributed by atoms with E-state index in [0.717, 1.165) is 11.1 Å². The maximum Gasteiger partial charge on any atom is 0.405 e. The van der Waals surface area contributed by atoms with Gasteiger partial charge < -0.3 is 20.7 Å². The van der Waals surface area contributed by atoms with Gasteiger partial charge in [-0.25, -0.2) is 9.18 Å². The number of hydrogen-bond donors (Lipinski definition) is 4. The summed E-state index contributed by atoms with van der Waals surface area (Å²) >= 11 is 0. The summed E-state index contributed by atoms with van der Waals surface area (Å²) in [5, 5.41) is 14.8. The Kier molecular flexibility index (Phi) is 5.40. The van der Waals surface area contributed by atoms with Crippen molar-refractivity contribution < 1.29 is 19.1 Å². The van der Waals surface area contributed by atoms with Gasteiger partial charge in [-0.1, -0.05) is 30.3 Å². The highest BCUT2D eigenvalue weighted by molar-refractivity contribution is 5.88. The zero-order valence-electron chi connectivity index (χ0n) is 14.7. The van der Waals surface area contributed by atoms with E-state index in [9.17, 15) is 14.0 Å². The van der Waals surface area contributed by atoms with Gasteiger partial charge in [0.15, 0.2) is 0 Å². The summed E-state index contributed by atoms with van der Waals surface area (Å²) in [7, 11) is 0. The van der Waals surface area contributed by atoms with E-state index in [1.165, 1.54) is 12.1 Å². The van der Waals surface area contributed by atoms with Gasteiger partial charge in [0.25, 0.3) is 0 Å². The topological polar surface area (TPSA) is 94.2 Å². The minimum Gasteiger partial charge on any atom is -0.465 e. The van der Waals surface area contributed by atoms with E-state index in [0.29, 0.717) is 10.9 Å². The van der Waals surface area contributed by atoms with Gasteiger partial charge >= 0.3 is 6.09 Å². The van der Waals surface area contributed by atoms with Crippen LogP contribution in [-0.4, -0.2) is 28.1 Å². The summed E-state index contributed by atoms with van der Waals surface area (Å²) in [5.74, 6) is -0.840. The number of aromatic amines is 1. The molecule has 0 radical (unpaired) electrons. The van der Waals surface area contributed by atoms with Crippen molar-refractivity contribution in [3.8, 4) is 0 Å². The van der Waals surface area contributed by atoms with Crippen LogP contribution in [0.4, 0.5) is 9.18 Å². The SMILES string of the molecule is CC(NC(=O)[C@H](Cc1c[nH]c2ccc(F)cc12)NC(=O)O)c1ccccc1. The molecular weight excluding hydrogens is 349 g/mol. The first-order valence-corrected chi connectivity index (χ1v) is 8.54. The summed E-state index contributed by atoms with van der Waals surface area (Å²) < 4.78 is 13.6. The minimum absolute atomic E-state index is 0.100. The molecule has 0 saturated carbocycles. The molecular formula is C20H20FN3O3. The Labute approximate surface area is 155 Å². The Hall–Kier alpha value is -3.35. The van der Waals surface area contributed by atoms with E-state index in [-0.39, 0.29) is 12.5 Å². The lowest BCUT2D eigenvalue weighted by Crippen LogP contribution is -2.48. The van der Waals surface area contributed by atoms with Crippen LogP contribution in [-0.2, 0) is 11.2 Å². The number of carbonyl (C=O) groups excluding carboxylic acids is 1. The predicted molar refractivity (Wildman–Crippen MR) is 99.9 cm³/mol. The van der Waals surface area contributed by atoms with Crippen LogP contribution in [0.1, 0.15) is 24.1 Å². The fourth-order valence-corrected chi connectivity index (χ4v) is 3.04. The van der Waals surface area contributed by atoms with Crippen LogP contribution in [0.15, 0.2) is 54.7 Å². The summed E-state index contributed by atoms with van der Waals surface area (Å²) in [6.07, 6.45) is 0.464. The molecule has 0 bridgehead atoms. The Morgan fingerprint density at radius 2 is 1.89 bits per heavy atom. The Balaban J connectivity index is 1.79. The van der Waals surface area contributed by atoms with Gasteiger partial charge in [-0.2, -0.15) is 0 Å². The maximum atomic E-state index is 13.6. The lowest BCUT2D eigenvalue weighted by atomic mass is 10.0. The third-order valence-corrected chi connectivity index (χ3v) is 4.43. The number of benzene rings is 2. The molecule has 2 amide bonds. The smallest absolute Gasteiger partial charge is 0.405 e. The van der Waals surface area contributed by atoms with Gasteiger partial charge in [0.2, 0.25) is 5.91 Å². The van der Waals surface area contributed by atoms with Crippen LogP contribution in [0.3, 0.4) is 0 Å². The number of carbonyl (C=O) groups is 2. The van der Waals surface area contributed by atoms with E-state index in [2.05, 4.69) is 15.6 Å². The van der Waals surface area contributed by atoms with Gasteiger partial charge in [0, 0.05) is 23.5 Å². The average Bonchev–Trinajstić information content (AvgIpc) is 3.03. The number of fused-ring (bicyclic) bond motifs is 1. The highest BCUT2D eigenvalue weighted by atomic mass is 19.1. The second-order valence-corrected chi connectivity index (χ2v) is 6.35. The molecule has 1 heterocycles. The van der Waals surface area contributed by atoms with E-state index >= 15 is 0 Å².